The normalized spacial score (nSPS) is 21.3. The summed E-state index contributed by atoms with van der Waals surface area (Å²) in [5.74, 6) is -2.52. The standard InChI is InChI=1S/C15H16ClNO4/c1-21-11-5-3-10(4-6-11)17-14(18)13-8-9(16)2-7-12(13)15(19)20/h2-6,12-13H,7-8H2,1H3,(H,17,18)(H,19,20)/p-1/t12-,13+/m0/s1. The molecule has 1 aliphatic carbocycles. The van der Waals surface area contributed by atoms with Gasteiger partial charge in [0.25, 0.3) is 0 Å². The topological polar surface area (TPSA) is 78.5 Å². The number of nitrogens with one attached hydrogen (secondary N) is 1. The summed E-state index contributed by atoms with van der Waals surface area (Å²) in [6.07, 6.45) is 2.04. The lowest BCUT2D eigenvalue weighted by Crippen LogP contribution is -2.42. The Morgan fingerprint density at radius 2 is 1.95 bits per heavy atom. The SMILES string of the molecule is COc1ccc(NC(=O)[C@@H]2CC(Cl)=CC[C@@H]2C(=O)[O-])cc1. The summed E-state index contributed by atoms with van der Waals surface area (Å²) in [6.45, 7) is 0. The summed E-state index contributed by atoms with van der Waals surface area (Å²) >= 11 is 5.92. The van der Waals surface area contributed by atoms with E-state index in [2.05, 4.69) is 5.32 Å². The quantitative estimate of drug-likeness (QED) is 0.915. The average Bonchev–Trinajstić information content (AvgIpc) is 2.47. The van der Waals surface area contributed by atoms with Gasteiger partial charge in [0.2, 0.25) is 5.91 Å². The Morgan fingerprint density at radius 3 is 2.52 bits per heavy atom. The van der Waals surface area contributed by atoms with Crippen LogP contribution in [0.25, 0.3) is 0 Å². The largest absolute Gasteiger partial charge is 0.550 e. The van der Waals surface area contributed by atoms with E-state index in [1.54, 1.807) is 37.5 Å². The zero-order valence-electron chi connectivity index (χ0n) is 11.5. The molecule has 1 aromatic rings. The van der Waals surface area contributed by atoms with Crippen LogP contribution in [0.1, 0.15) is 12.8 Å². The first kappa shape index (κ1) is 15.4. The molecule has 1 aromatic carbocycles. The predicted octanol–water partition coefficient (Wildman–Crippen LogP) is 1.53. The van der Waals surface area contributed by atoms with Gasteiger partial charge < -0.3 is 20.0 Å². The van der Waals surface area contributed by atoms with Crippen molar-refractivity contribution in [3.63, 3.8) is 0 Å². The number of ether oxygens (including phenoxy) is 1. The van der Waals surface area contributed by atoms with Crippen LogP contribution >= 0.6 is 11.6 Å². The van der Waals surface area contributed by atoms with E-state index in [1.165, 1.54) is 0 Å². The van der Waals surface area contributed by atoms with Crippen LogP contribution in [0.5, 0.6) is 5.75 Å². The van der Waals surface area contributed by atoms with Crippen LogP contribution < -0.4 is 15.2 Å². The van der Waals surface area contributed by atoms with Crippen molar-refractivity contribution in [3.8, 4) is 5.75 Å². The molecule has 1 amide bonds. The van der Waals surface area contributed by atoms with Gasteiger partial charge in [0.1, 0.15) is 5.75 Å². The molecule has 0 heterocycles. The number of hydrogen-bond donors (Lipinski definition) is 1. The first-order valence-corrected chi connectivity index (χ1v) is 6.89. The lowest BCUT2D eigenvalue weighted by Gasteiger charge is -2.29. The molecule has 1 aliphatic rings. The number of halogens is 1. The zero-order valence-corrected chi connectivity index (χ0v) is 12.2. The number of carboxylic acids is 1. The van der Waals surface area contributed by atoms with Crippen molar-refractivity contribution in [2.45, 2.75) is 12.8 Å². The van der Waals surface area contributed by atoms with Gasteiger partial charge in [0, 0.05) is 22.6 Å². The molecule has 1 N–H and O–H groups in total. The highest BCUT2D eigenvalue weighted by Crippen LogP contribution is 2.32. The van der Waals surface area contributed by atoms with Gasteiger partial charge in [-0.3, -0.25) is 4.79 Å². The fraction of sp³-hybridized carbons (Fsp3) is 0.333. The molecule has 0 fully saturated rings. The van der Waals surface area contributed by atoms with Crippen LogP contribution in [-0.4, -0.2) is 19.0 Å². The minimum atomic E-state index is -1.23. The molecule has 0 radical (unpaired) electrons. The second-order valence-corrected chi connectivity index (χ2v) is 5.33. The van der Waals surface area contributed by atoms with Crippen LogP contribution in [0, 0.1) is 11.8 Å². The fourth-order valence-electron chi connectivity index (χ4n) is 2.30. The van der Waals surface area contributed by atoms with E-state index in [4.69, 9.17) is 16.3 Å². The maximum absolute atomic E-state index is 12.3. The predicted molar refractivity (Wildman–Crippen MR) is 76.8 cm³/mol. The van der Waals surface area contributed by atoms with E-state index < -0.39 is 17.8 Å². The molecular weight excluding hydrogens is 294 g/mol. The number of carbonyl (C=O) groups is 2. The first-order chi connectivity index (χ1) is 10.0. The van der Waals surface area contributed by atoms with Gasteiger partial charge in [-0.2, -0.15) is 0 Å². The number of anilines is 1. The van der Waals surface area contributed by atoms with Crippen molar-refractivity contribution >= 4 is 29.2 Å². The van der Waals surface area contributed by atoms with Crippen molar-refractivity contribution in [1.29, 1.82) is 0 Å². The third kappa shape index (κ3) is 3.76. The van der Waals surface area contributed by atoms with Crippen molar-refractivity contribution in [3.05, 3.63) is 35.4 Å². The number of hydrogen-bond acceptors (Lipinski definition) is 4. The Labute approximate surface area is 127 Å². The highest BCUT2D eigenvalue weighted by molar-refractivity contribution is 6.29. The van der Waals surface area contributed by atoms with E-state index >= 15 is 0 Å². The Bertz CT molecular complexity index is 568. The molecule has 0 bridgehead atoms. The fourth-order valence-corrected chi connectivity index (χ4v) is 2.56. The number of benzene rings is 1. The van der Waals surface area contributed by atoms with Crippen LogP contribution in [0.15, 0.2) is 35.4 Å². The minimum Gasteiger partial charge on any atom is -0.550 e. The maximum Gasteiger partial charge on any atom is 0.228 e. The van der Waals surface area contributed by atoms with E-state index in [9.17, 15) is 14.7 Å². The first-order valence-electron chi connectivity index (χ1n) is 6.51. The lowest BCUT2D eigenvalue weighted by atomic mass is 9.82. The minimum absolute atomic E-state index is 0.210. The maximum atomic E-state index is 12.3. The third-order valence-corrected chi connectivity index (χ3v) is 3.80. The van der Waals surface area contributed by atoms with Crippen molar-refractivity contribution < 1.29 is 19.4 Å². The van der Waals surface area contributed by atoms with Crippen LogP contribution in [0.4, 0.5) is 5.69 Å². The highest BCUT2D eigenvalue weighted by Gasteiger charge is 2.32. The van der Waals surface area contributed by atoms with Crippen molar-refractivity contribution in [2.24, 2.45) is 11.8 Å². The Kier molecular flexibility index (Phi) is 4.85. The number of allylic oxidation sites excluding steroid dienone is 2. The van der Waals surface area contributed by atoms with Gasteiger partial charge in [-0.05, 0) is 37.1 Å². The highest BCUT2D eigenvalue weighted by atomic mass is 35.5. The van der Waals surface area contributed by atoms with Crippen LogP contribution in [0.2, 0.25) is 0 Å². The Hall–Kier alpha value is -2.01. The summed E-state index contributed by atoms with van der Waals surface area (Å²) in [4.78, 5) is 23.4. The molecule has 112 valence electrons. The van der Waals surface area contributed by atoms with Crippen LogP contribution in [-0.2, 0) is 9.59 Å². The molecule has 0 aromatic heterocycles. The van der Waals surface area contributed by atoms with Gasteiger partial charge in [-0.25, -0.2) is 0 Å². The molecular formula is C15H15ClNO4-. The van der Waals surface area contributed by atoms with E-state index in [-0.39, 0.29) is 18.7 Å². The summed E-state index contributed by atoms with van der Waals surface area (Å²) in [6, 6.07) is 6.79. The number of carbonyl (C=O) groups excluding carboxylic acids is 2. The van der Waals surface area contributed by atoms with Crippen LogP contribution in [0.3, 0.4) is 0 Å². The van der Waals surface area contributed by atoms with E-state index in [0.717, 1.165) is 0 Å². The number of methoxy groups -OCH3 is 1. The number of amides is 1. The molecule has 2 atom stereocenters. The summed E-state index contributed by atoms with van der Waals surface area (Å²) < 4.78 is 5.03. The van der Waals surface area contributed by atoms with Crippen molar-refractivity contribution in [2.75, 3.05) is 12.4 Å². The second kappa shape index (κ2) is 6.63. The van der Waals surface area contributed by atoms with Gasteiger partial charge in [-0.15, -0.1) is 0 Å². The molecule has 21 heavy (non-hydrogen) atoms. The molecule has 6 heteroatoms. The van der Waals surface area contributed by atoms with Gasteiger partial charge >= 0.3 is 0 Å². The average molecular weight is 309 g/mol. The van der Waals surface area contributed by atoms with Crippen molar-refractivity contribution in [1.82, 2.24) is 0 Å². The number of rotatable bonds is 4. The second-order valence-electron chi connectivity index (χ2n) is 4.84. The molecule has 0 spiro atoms. The molecule has 0 aliphatic heterocycles. The monoisotopic (exact) mass is 308 g/mol. The molecule has 0 saturated heterocycles. The van der Waals surface area contributed by atoms with Gasteiger partial charge in [-0.1, -0.05) is 17.7 Å². The Morgan fingerprint density at radius 1 is 1.29 bits per heavy atom. The lowest BCUT2D eigenvalue weighted by molar-refractivity contribution is -0.313. The van der Waals surface area contributed by atoms with Gasteiger partial charge in [0.05, 0.1) is 13.0 Å². The summed E-state index contributed by atoms with van der Waals surface area (Å²) in [5, 5.41) is 14.3. The number of aliphatic carboxylic acids is 1. The third-order valence-electron chi connectivity index (χ3n) is 3.49. The summed E-state index contributed by atoms with van der Waals surface area (Å²) in [7, 11) is 1.55. The molecule has 2 rings (SSSR count). The zero-order chi connectivity index (χ0) is 15.4. The number of carboxylic acid groups (broad SMARTS) is 1. The molecule has 5 nitrogen and oxygen atoms in total. The van der Waals surface area contributed by atoms with E-state index in [1.807, 2.05) is 0 Å². The van der Waals surface area contributed by atoms with E-state index in [0.29, 0.717) is 16.5 Å². The van der Waals surface area contributed by atoms with Gasteiger partial charge in [0.15, 0.2) is 0 Å². The smallest absolute Gasteiger partial charge is 0.228 e. The molecule has 0 unspecified atom stereocenters. The molecule has 0 saturated carbocycles. The summed E-state index contributed by atoms with van der Waals surface area (Å²) in [5.41, 5.74) is 0.573. The Balaban J connectivity index is 2.10.